The van der Waals surface area contributed by atoms with Gasteiger partial charge in [-0.3, -0.25) is 0 Å². The number of nitrogens with one attached hydrogen (secondary N) is 1. The van der Waals surface area contributed by atoms with Crippen LogP contribution in [0, 0.1) is 5.92 Å². The molecule has 2 aromatic rings. The van der Waals surface area contributed by atoms with Crippen molar-refractivity contribution < 1.29 is 0 Å². The second-order valence-corrected chi connectivity index (χ2v) is 6.79. The molecule has 1 aromatic carbocycles. The van der Waals surface area contributed by atoms with E-state index in [1.165, 1.54) is 11.1 Å². The molecule has 1 aromatic heterocycles. The average molecular weight is 308 g/mol. The molecule has 0 aliphatic rings. The van der Waals surface area contributed by atoms with Gasteiger partial charge in [0.05, 0.1) is 0 Å². The quantitative estimate of drug-likeness (QED) is 0.761. The van der Waals surface area contributed by atoms with E-state index in [0.717, 1.165) is 24.5 Å². The fourth-order valence-electron chi connectivity index (χ4n) is 2.34. The molecule has 1 heterocycles. The fourth-order valence-corrected chi connectivity index (χ4v) is 3.31. The van der Waals surface area contributed by atoms with Crippen molar-refractivity contribution in [3.8, 4) is 0 Å². The second-order valence-electron chi connectivity index (χ2n) is 5.61. The van der Waals surface area contributed by atoms with Crippen LogP contribution in [0.5, 0.6) is 0 Å². The number of halogens is 1. The highest BCUT2D eigenvalue weighted by Gasteiger charge is 2.15. The molecule has 20 heavy (non-hydrogen) atoms. The van der Waals surface area contributed by atoms with Gasteiger partial charge in [-0.15, -0.1) is 0 Å². The predicted molar refractivity (Wildman–Crippen MR) is 89.9 cm³/mol. The maximum atomic E-state index is 6.38. The Labute approximate surface area is 131 Å². The first kappa shape index (κ1) is 15.6. The third-order valence-corrected chi connectivity index (χ3v) is 4.43. The first-order chi connectivity index (χ1) is 9.66. The molecule has 0 fully saturated rings. The number of hydrogen-bond acceptors (Lipinski definition) is 2. The highest BCUT2D eigenvalue weighted by atomic mass is 35.5. The number of rotatable bonds is 7. The first-order valence-corrected chi connectivity index (χ1v) is 8.45. The van der Waals surface area contributed by atoms with Crippen molar-refractivity contribution in [1.29, 1.82) is 0 Å². The molecule has 108 valence electrons. The van der Waals surface area contributed by atoms with Gasteiger partial charge >= 0.3 is 0 Å². The zero-order chi connectivity index (χ0) is 14.4. The van der Waals surface area contributed by atoms with Crippen molar-refractivity contribution in [1.82, 2.24) is 5.32 Å². The van der Waals surface area contributed by atoms with E-state index < -0.39 is 0 Å². The van der Waals surface area contributed by atoms with Crippen molar-refractivity contribution in [3.05, 3.63) is 57.2 Å². The van der Waals surface area contributed by atoms with E-state index in [-0.39, 0.29) is 0 Å². The molecule has 0 bridgehead atoms. The summed E-state index contributed by atoms with van der Waals surface area (Å²) in [5, 5.41) is 8.81. The van der Waals surface area contributed by atoms with Gasteiger partial charge in [0.25, 0.3) is 0 Å². The van der Waals surface area contributed by atoms with E-state index in [2.05, 4.69) is 48.1 Å². The van der Waals surface area contributed by atoms with Crippen LogP contribution in [0.2, 0.25) is 5.02 Å². The Morgan fingerprint density at radius 1 is 1.15 bits per heavy atom. The van der Waals surface area contributed by atoms with Crippen LogP contribution < -0.4 is 5.32 Å². The van der Waals surface area contributed by atoms with Crippen LogP contribution in [0.15, 0.2) is 41.1 Å². The molecule has 3 heteroatoms. The van der Waals surface area contributed by atoms with Crippen LogP contribution in [0.1, 0.15) is 30.9 Å². The van der Waals surface area contributed by atoms with Gasteiger partial charge in [-0.1, -0.05) is 43.6 Å². The summed E-state index contributed by atoms with van der Waals surface area (Å²) in [4.78, 5) is 0. The summed E-state index contributed by atoms with van der Waals surface area (Å²) in [5.74, 6) is 1.10. The summed E-state index contributed by atoms with van der Waals surface area (Å²) in [6.07, 6.45) is 1.04. The molecule has 0 radical (unpaired) electrons. The first-order valence-electron chi connectivity index (χ1n) is 7.13. The SMILES string of the molecule is CC(C)CNCC(Cc1ccsc1)c1ccccc1Cl. The van der Waals surface area contributed by atoms with Gasteiger partial charge < -0.3 is 5.32 Å². The Morgan fingerprint density at radius 3 is 2.60 bits per heavy atom. The van der Waals surface area contributed by atoms with E-state index in [4.69, 9.17) is 11.6 Å². The average Bonchev–Trinajstić information content (AvgIpc) is 2.91. The summed E-state index contributed by atoms with van der Waals surface area (Å²) in [7, 11) is 0. The normalized spacial score (nSPS) is 12.8. The monoisotopic (exact) mass is 307 g/mol. The van der Waals surface area contributed by atoms with E-state index in [1.54, 1.807) is 11.3 Å². The second kappa shape index (κ2) is 7.82. The van der Waals surface area contributed by atoms with Gasteiger partial charge in [0, 0.05) is 17.5 Å². The van der Waals surface area contributed by atoms with Crippen LogP contribution in [-0.4, -0.2) is 13.1 Å². The molecule has 1 atom stereocenters. The smallest absolute Gasteiger partial charge is 0.0441 e. The molecule has 0 amide bonds. The Kier molecular flexibility index (Phi) is 6.08. The van der Waals surface area contributed by atoms with E-state index >= 15 is 0 Å². The van der Waals surface area contributed by atoms with E-state index in [1.807, 2.05) is 12.1 Å². The highest BCUT2D eigenvalue weighted by molar-refractivity contribution is 7.07. The third-order valence-electron chi connectivity index (χ3n) is 3.35. The van der Waals surface area contributed by atoms with Crippen molar-refractivity contribution in [2.75, 3.05) is 13.1 Å². The number of benzene rings is 1. The standard InChI is InChI=1S/C17H22ClNS/c1-13(2)10-19-11-15(9-14-7-8-20-12-14)16-5-3-4-6-17(16)18/h3-8,12-13,15,19H,9-11H2,1-2H3. The van der Waals surface area contributed by atoms with Crippen LogP contribution in [-0.2, 0) is 6.42 Å². The summed E-state index contributed by atoms with van der Waals surface area (Å²) in [5.41, 5.74) is 2.64. The lowest BCUT2D eigenvalue weighted by molar-refractivity contribution is 0.514. The lowest BCUT2D eigenvalue weighted by atomic mass is 9.92. The summed E-state index contributed by atoms with van der Waals surface area (Å²) < 4.78 is 0. The Morgan fingerprint density at radius 2 is 1.95 bits per heavy atom. The van der Waals surface area contributed by atoms with Crippen LogP contribution in [0.25, 0.3) is 0 Å². The summed E-state index contributed by atoms with van der Waals surface area (Å²) in [6.45, 7) is 6.48. The maximum absolute atomic E-state index is 6.38. The Balaban J connectivity index is 2.09. The minimum Gasteiger partial charge on any atom is -0.316 e. The molecule has 2 rings (SSSR count). The number of thiophene rings is 1. The molecule has 0 aliphatic carbocycles. The zero-order valence-electron chi connectivity index (χ0n) is 12.1. The van der Waals surface area contributed by atoms with E-state index in [9.17, 15) is 0 Å². The molecule has 1 nitrogen and oxygen atoms in total. The topological polar surface area (TPSA) is 12.0 Å². The molecule has 0 saturated carbocycles. The summed E-state index contributed by atoms with van der Waals surface area (Å²) in [6, 6.07) is 10.4. The molecule has 0 spiro atoms. The van der Waals surface area contributed by atoms with Gasteiger partial charge in [-0.25, -0.2) is 0 Å². The van der Waals surface area contributed by atoms with Gasteiger partial charge in [0.2, 0.25) is 0 Å². The lowest BCUT2D eigenvalue weighted by Crippen LogP contribution is -2.26. The molecule has 1 unspecified atom stereocenters. The largest absolute Gasteiger partial charge is 0.316 e. The van der Waals surface area contributed by atoms with Crippen molar-refractivity contribution in [3.63, 3.8) is 0 Å². The fraction of sp³-hybridized carbons (Fsp3) is 0.412. The minimum absolute atomic E-state index is 0.428. The summed E-state index contributed by atoms with van der Waals surface area (Å²) >= 11 is 8.13. The van der Waals surface area contributed by atoms with E-state index in [0.29, 0.717) is 11.8 Å². The molecular weight excluding hydrogens is 286 g/mol. The lowest BCUT2D eigenvalue weighted by Gasteiger charge is -2.20. The zero-order valence-corrected chi connectivity index (χ0v) is 13.7. The molecule has 1 N–H and O–H groups in total. The van der Waals surface area contributed by atoms with Gasteiger partial charge in [-0.05, 0) is 52.9 Å². The highest BCUT2D eigenvalue weighted by Crippen LogP contribution is 2.27. The number of hydrogen-bond donors (Lipinski definition) is 1. The Hall–Kier alpha value is -0.830. The van der Waals surface area contributed by atoms with Crippen molar-refractivity contribution >= 4 is 22.9 Å². The molecular formula is C17H22ClNS. The van der Waals surface area contributed by atoms with Gasteiger partial charge in [0.15, 0.2) is 0 Å². The van der Waals surface area contributed by atoms with Crippen molar-refractivity contribution in [2.24, 2.45) is 5.92 Å². The molecule has 0 aliphatic heterocycles. The molecule has 0 saturated heterocycles. The van der Waals surface area contributed by atoms with Gasteiger partial charge in [-0.2, -0.15) is 11.3 Å². The van der Waals surface area contributed by atoms with Crippen LogP contribution >= 0.6 is 22.9 Å². The predicted octanol–water partition coefficient (Wildman–Crippen LogP) is 4.97. The maximum Gasteiger partial charge on any atom is 0.0441 e. The van der Waals surface area contributed by atoms with Crippen LogP contribution in [0.4, 0.5) is 0 Å². The third kappa shape index (κ3) is 4.62. The van der Waals surface area contributed by atoms with Gasteiger partial charge in [0.1, 0.15) is 0 Å². The van der Waals surface area contributed by atoms with Crippen molar-refractivity contribution in [2.45, 2.75) is 26.2 Å². The Bertz CT molecular complexity index is 507. The minimum atomic E-state index is 0.428. The van der Waals surface area contributed by atoms with Crippen LogP contribution in [0.3, 0.4) is 0 Å².